The van der Waals surface area contributed by atoms with Crippen molar-refractivity contribution >= 4 is 23.2 Å². The van der Waals surface area contributed by atoms with E-state index in [1.165, 1.54) is 6.33 Å². The highest BCUT2D eigenvalue weighted by Crippen LogP contribution is 2.26. The van der Waals surface area contributed by atoms with Crippen LogP contribution in [0, 0.1) is 12.8 Å². The average Bonchev–Trinajstić information content (AvgIpc) is 2.60. The number of hydrogen-bond acceptors (Lipinski definition) is 3. The number of nitrogens with zero attached hydrogens (tertiary/aromatic N) is 3. The molecule has 1 amide bonds. The zero-order valence-electron chi connectivity index (χ0n) is 8.48. The van der Waals surface area contributed by atoms with Gasteiger partial charge in [0.15, 0.2) is 0 Å². The van der Waals surface area contributed by atoms with Gasteiger partial charge in [-0.1, -0.05) is 0 Å². The number of hydrogen-bond donors (Lipinski definition) is 0. The van der Waals surface area contributed by atoms with E-state index >= 15 is 0 Å². The van der Waals surface area contributed by atoms with Gasteiger partial charge in [0.1, 0.15) is 6.33 Å². The molecule has 0 bridgehead atoms. The first kappa shape index (κ1) is 10.4. The van der Waals surface area contributed by atoms with Gasteiger partial charge in [-0.3, -0.25) is 4.79 Å². The lowest BCUT2D eigenvalue weighted by Gasteiger charge is -2.17. The molecule has 1 aliphatic rings. The number of anilines is 1. The number of carbonyl (C=O) groups excluding carboxylic acids is 1. The molecule has 0 radical (unpaired) electrons. The Morgan fingerprint density at radius 2 is 2.47 bits per heavy atom. The highest BCUT2D eigenvalue weighted by Gasteiger charge is 2.30. The first-order valence-corrected chi connectivity index (χ1v) is 5.38. The van der Waals surface area contributed by atoms with E-state index in [2.05, 4.69) is 9.97 Å². The van der Waals surface area contributed by atoms with Gasteiger partial charge >= 0.3 is 0 Å². The van der Waals surface area contributed by atoms with E-state index in [-0.39, 0.29) is 11.8 Å². The molecular weight excluding hydrogens is 214 g/mol. The zero-order valence-corrected chi connectivity index (χ0v) is 9.24. The predicted molar refractivity (Wildman–Crippen MR) is 57.9 cm³/mol. The largest absolute Gasteiger partial charge is 0.309 e. The van der Waals surface area contributed by atoms with Gasteiger partial charge in [-0.15, -0.1) is 11.6 Å². The molecule has 5 heteroatoms. The maximum Gasteiger partial charge on any atom is 0.227 e. The van der Waals surface area contributed by atoms with Crippen LogP contribution >= 0.6 is 11.6 Å². The summed E-state index contributed by atoms with van der Waals surface area (Å²) in [7, 11) is 0. The summed E-state index contributed by atoms with van der Waals surface area (Å²) in [5.74, 6) is 0.881. The Balaban J connectivity index is 2.25. The number of rotatable bonds is 2. The van der Waals surface area contributed by atoms with Gasteiger partial charge in [-0.2, -0.15) is 0 Å². The van der Waals surface area contributed by atoms with Crippen LogP contribution in [-0.4, -0.2) is 28.3 Å². The Bertz CT molecular complexity index is 383. The van der Waals surface area contributed by atoms with E-state index in [0.29, 0.717) is 18.8 Å². The molecular formula is C10H12ClN3O. The van der Waals surface area contributed by atoms with Crippen molar-refractivity contribution in [1.29, 1.82) is 0 Å². The van der Waals surface area contributed by atoms with Crippen molar-refractivity contribution in [2.75, 3.05) is 17.3 Å². The van der Waals surface area contributed by atoms with Crippen molar-refractivity contribution in [3.63, 3.8) is 0 Å². The minimum Gasteiger partial charge on any atom is -0.309 e. The van der Waals surface area contributed by atoms with Crippen molar-refractivity contribution in [3.05, 3.63) is 18.2 Å². The van der Waals surface area contributed by atoms with E-state index in [0.717, 1.165) is 11.4 Å². The second-order valence-electron chi connectivity index (χ2n) is 3.72. The van der Waals surface area contributed by atoms with Gasteiger partial charge in [0.05, 0.1) is 17.6 Å². The van der Waals surface area contributed by atoms with E-state index in [4.69, 9.17) is 11.6 Å². The topological polar surface area (TPSA) is 46.1 Å². The number of halogens is 1. The molecule has 15 heavy (non-hydrogen) atoms. The van der Waals surface area contributed by atoms with E-state index in [1.807, 2.05) is 6.92 Å². The predicted octanol–water partition coefficient (Wildman–Crippen LogP) is 1.38. The average molecular weight is 226 g/mol. The molecule has 0 aliphatic carbocycles. The Morgan fingerprint density at radius 3 is 3.07 bits per heavy atom. The highest BCUT2D eigenvalue weighted by atomic mass is 35.5. The molecule has 0 saturated carbocycles. The van der Waals surface area contributed by atoms with Gasteiger partial charge < -0.3 is 4.90 Å². The summed E-state index contributed by atoms with van der Waals surface area (Å²) in [5.41, 5.74) is 1.63. The second-order valence-corrected chi connectivity index (χ2v) is 4.03. The second kappa shape index (κ2) is 4.14. The van der Waals surface area contributed by atoms with Crippen LogP contribution in [0.25, 0.3) is 0 Å². The smallest absolute Gasteiger partial charge is 0.227 e. The molecule has 2 heterocycles. The van der Waals surface area contributed by atoms with Crippen LogP contribution in [0.1, 0.15) is 12.1 Å². The summed E-state index contributed by atoms with van der Waals surface area (Å²) < 4.78 is 0. The fraction of sp³-hybridized carbons (Fsp3) is 0.500. The maximum absolute atomic E-state index is 11.7. The van der Waals surface area contributed by atoms with E-state index < -0.39 is 0 Å². The van der Waals surface area contributed by atoms with Crippen LogP contribution in [0.15, 0.2) is 12.5 Å². The lowest BCUT2D eigenvalue weighted by atomic mass is 10.1. The van der Waals surface area contributed by atoms with Gasteiger partial charge in [0.25, 0.3) is 0 Å². The highest BCUT2D eigenvalue weighted by molar-refractivity contribution is 6.18. The third-order valence-electron chi connectivity index (χ3n) is 2.60. The molecule has 1 unspecified atom stereocenters. The van der Waals surface area contributed by atoms with E-state index in [9.17, 15) is 4.79 Å². The Labute approximate surface area is 93.3 Å². The maximum atomic E-state index is 11.7. The third kappa shape index (κ3) is 1.95. The van der Waals surface area contributed by atoms with Crippen LogP contribution in [0.3, 0.4) is 0 Å². The molecule has 2 rings (SSSR count). The number of aryl methyl sites for hydroxylation is 1. The van der Waals surface area contributed by atoms with Crippen LogP contribution in [0.4, 0.5) is 5.69 Å². The third-order valence-corrected chi connectivity index (χ3v) is 3.04. The number of amides is 1. The summed E-state index contributed by atoms with van der Waals surface area (Å²) >= 11 is 5.76. The molecule has 1 fully saturated rings. The van der Waals surface area contributed by atoms with Crippen molar-refractivity contribution in [2.45, 2.75) is 13.3 Å². The summed E-state index contributed by atoms with van der Waals surface area (Å²) in [5, 5.41) is 0. The fourth-order valence-corrected chi connectivity index (χ4v) is 1.97. The summed E-state index contributed by atoms with van der Waals surface area (Å²) in [6.45, 7) is 2.55. The molecule has 1 aromatic heterocycles. The first-order valence-electron chi connectivity index (χ1n) is 4.85. The molecule has 0 spiro atoms. The fourth-order valence-electron chi connectivity index (χ4n) is 1.77. The summed E-state index contributed by atoms with van der Waals surface area (Å²) in [6, 6.07) is 0. The van der Waals surface area contributed by atoms with Crippen LogP contribution < -0.4 is 4.90 Å². The van der Waals surface area contributed by atoms with Gasteiger partial charge in [-0.05, 0) is 12.8 Å². The molecule has 1 aromatic rings. The molecule has 0 N–H and O–H groups in total. The monoisotopic (exact) mass is 225 g/mol. The van der Waals surface area contributed by atoms with Crippen LogP contribution in [0.5, 0.6) is 0 Å². The lowest BCUT2D eigenvalue weighted by molar-refractivity contribution is -0.117. The van der Waals surface area contributed by atoms with Crippen molar-refractivity contribution in [3.8, 4) is 0 Å². The van der Waals surface area contributed by atoms with E-state index in [1.54, 1.807) is 11.1 Å². The number of alkyl halides is 1. The molecule has 1 aliphatic heterocycles. The molecule has 4 nitrogen and oxygen atoms in total. The molecule has 1 saturated heterocycles. The normalized spacial score (nSPS) is 21.1. The Kier molecular flexibility index (Phi) is 2.86. The first-order chi connectivity index (χ1) is 7.22. The van der Waals surface area contributed by atoms with Gasteiger partial charge in [0, 0.05) is 18.8 Å². The Morgan fingerprint density at radius 1 is 1.67 bits per heavy atom. The summed E-state index contributed by atoms with van der Waals surface area (Å²) in [6.07, 6.45) is 3.69. The molecule has 80 valence electrons. The van der Waals surface area contributed by atoms with Crippen molar-refractivity contribution in [1.82, 2.24) is 9.97 Å². The van der Waals surface area contributed by atoms with Crippen LogP contribution in [0.2, 0.25) is 0 Å². The zero-order chi connectivity index (χ0) is 10.8. The van der Waals surface area contributed by atoms with Gasteiger partial charge in [0.2, 0.25) is 5.91 Å². The number of aromatic nitrogens is 2. The standard InChI is InChI=1S/C10H12ClN3O/c1-7-9(4-12-6-13-7)14-5-8(3-11)2-10(14)15/h4,6,8H,2-3,5H2,1H3. The number of carbonyl (C=O) groups is 1. The molecule has 1 atom stereocenters. The quantitative estimate of drug-likeness (QED) is 0.715. The van der Waals surface area contributed by atoms with Crippen molar-refractivity contribution in [2.24, 2.45) is 5.92 Å². The summed E-state index contributed by atoms with van der Waals surface area (Å²) in [4.78, 5) is 21.4. The SMILES string of the molecule is Cc1ncncc1N1CC(CCl)CC1=O. The Hall–Kier alpha value is -1.16. The van der Waals surface area contributed by atoms with Crippen LogP contribution in [-0.2, 0) is 4.79 Å². The van der Waals surface area contributed by atoms with Gasteiger partial charge in [-0.25, -0.2) is 9.97 Å². The van der Waals surface area contributed by atoms with Crippen molar-refractivity contribution < 1.29 is 4.79 Å². The molecule has 0 aromatic carbocycles. The lowest BCUT2D eigenvalue weighted by Crippen LogP contribution is -2.25. The minimum absolute atomic E-state index is 0.110. The minimum atomic E-state index is 0.110.